The fourth-order valence-electron chi connectivity index (χ4n) is 2.73. The summed E-state index contributed by atoms with van der Waals surface area (Å²) in [5.74, 6) is -0.901. The summed E-state index contributed by atoms with van der Waals surface area (Å²) in [4.78, 5) is 26.6. The number of carbonyl (C=O) groups excluding carboxylic acids is 2. The maximum atomic E-state index is 13.7. The second-order valence-electron chi connectivity index (χ2n) is 6.17. The third-order valence-electron chi connectivity index (χ3n) is 3.85. The van der Waals surface area contributed by atoms with Crippen LogP contribution in [0.3, 0.4) is 0 Å². The van der Waals surface area contributed by atoms with Crippen molar-refractivity contribution in [3.8, 4) is 0 Å². The molecule has 1 aliphatic heterocycles. The van der Waals surface area contributed by atoms with Gasteiger partial charge in [-0.15, -0.1) is 0 Å². The zero-order valence-electron chi connectivity index (χ0n) is 13.1. The molecule has 1 saturated heterocycles. The van der Waals surface area contributed by atoms with Crippen molar-refractivity contribution in [3.63, 3.8) is 0 Å². The van der Waals surface area contributed by atoms with Gasteiger partial charge in [0.15, 0.2) is 0 Å². The van der Waals surface area contributed by atoms with Crippen LogP contribution in [0.5, 0.6) is 0 Å². The van der Waals surface area contributed by atoms with Crippen LogP contribution in [0, 0.1) is 11.7 Å². The monoisotopic (exact) mass is 306 g/mol. The number of hydrogen-bond donors (Lipinski definition) is 1. The molecule has 0 bridgehead atoms. The van der Waals surface area contributed by atoms with Crippen molar-refractivity contribution in [2.45, 2.75) is 39.2 Å². The lowest BCUT2D eigenvalue weighted by Gasteiger charge is -2.25. The van der Waals surface area contributed by atoms with E-state index < -0.39 is 17.8 Å². The molecule has 2 amide bonds. The number of likely N-dealkylation sites (tertiary alicyclic amines) is 1. The Morgan fingerprint density at radius 1 is 1.23 bits per heavy atom. The van der Waals surface area contributed by atoms with Gasteiger partial charge in [-0.1, -0.05) is 26.0 Å². The molecular formula is C17H23FN2O2. The van der Waals surface area contributed by atoms with Crippen LogP contribution >= 0.6 is 0 Å². The van der Waals surface area contributed by atoms with Gasteiger partial charge >= 0.3 is 0 Å². The van der Waals surface area contributed by atoms with Gasteiger partial charge in [-0.2, -0.15) is 0 Å². The van der Waals surface area contributed by atoms with E-state index in [2.05, 4.69) is 5.32 Å². The fraction of sp³-hybridized carbons (Fsp3) is 0.529. The van der Waals surface area contributed by atoms with Crippen LogP contribution in [-0.4, -0.2) is 35.8 Å². The molecule has 5 heteroatoms. The van der Waals surface area contributed by atoms with Gasteiger partial charge in [0.1, 0.15) is 11.9 Å². The lowest BCUT2D eigenvalue weighted by atomic mass is 10.0. The van der Waals surface area contributed by atoms with Crippen molar-refractivity contribution in [2.24, 2.45) is 5.92 Å². The van der Waals surface area contributed by atoms with Gasteiger partial charge in [0.05, 0.1) is 5.56 Å². The van der Waals surface area contributed by atoms with E-state index in [1.165, 1.54) is 18.2 Å². The zero-order valence-corrected chi connectivity index (χ0v) is 13.1. The van der Waals surface area contributed by atoms with Gasteiger partial charge in [-0.05, 0) is 37.3 Å². The highest BCUT2D eigenvalue weighted by Crippen LogP contribution is 2.15. The number of amides is 2. The van der Waals surface area contributed by atoms with Gasteiger partial charge in [-0.3, -0.25) is 9.59 Å². The smallest absolute Gasteiger partial charge is 0.254 e. The molecule has 120 valence electrons. The highest BCUT2D eigenvalue weighted by atomic mass is 19.1. The summed E-state index contributed by atoms with van der Waals surface area (Å²) in [6.45, 7) is 5.48. The summed E-state index contributed by atoms with van der Waals surface area (Å²) in [6.07, 6.45) is 2.55. The first-order valence-corrected chi connectivity index (χ1v) is 7.83. The Hall–Kier alpha value is -1.91. The topological polar surface area (TPSA) is 49.4 Å². The molecule has 0 unspecified atom stereocenters. The first kappa shape index (κ1) is 16.5. The summed E-state index contributed by atoms with van der Waals surface area (Å²) in [5, 5.41) is 2.71. The van der Waals surface area contributed by atoms with E-state index >= 15 is 0 Å². The molecule has 2 rings (SSSR count). The molecule has 0 radical (unpaired) electrons. The van der Waals surface area contributed by atoms with Gasteiger partial charge < -0.3 is 10.2 Å². The number of hydrogen-bond acceptors (Lipinski definition) is 2. The van der Waals surface area contributed by atoms with Crippen LogP contribution in [0.15, 0.2) is 24.3 Å². The summed E-state index contributed by atoms with van der Waals surface area (Å²) in [5.41, 5.74) is -0.0227. The SMILES string of the molecule is CC(C)C[C@@H](NC(=O)c1ccccc1F)C(=O)N1CCCC1. The molecule has 0 aromatic heterocycles. The lowest BCUT2D eigenvalue weighted by Crippen LogP contribution is -2.48. The molecule has 22 heavy (non-hydrogen) atoms. The molecule has 0 spiro atoms. The standard InChI is InChI=1S/C17H23FN2O2/c1-12(2)11-15(17(22)20-9-5-6-10-20)19-16(21)13-7-3-4-8-14(13)18/h3-4,7-8,12,15H,5-6,9-11H2,1-2H3,(H,19,21)/t15-/m1/s1. The minimum atomic E-state index is -0.592. The van der Waals surface area contributed by atoms with Crippen LogP contribution in [0.1, 0.15) is 43.5 Å². The number of carbonyl (C=O) groups is 2. The van der Waals surface area contributed by atoms with Crippen molar-refractivity contribution < 1.29 is 14.0 Å². The zero-order chi connectivity index (χ0) is 16.1. The van der Waals surface area contributed by atoms with E-state index in [1.807, 2.05) is 13.8 Å². The maximum Gasteiger partial charge on any atom is 0.254 e. The third-order valence-corrected chi connectivity index (χ3v) is 3.85. The molecule has 1 aromatic carbocycles. The Balaban J connectivity index is 2.10. The minimum absolute atomic E-state index is 0.0227. The second kappa shape index (κ2) is 7.38. The van der Waals surface area contributed by atoms with Crippen molar-refractivity contribution >= 4 is 11.8 Å². The number of rotatable bonds is 5. The van der Waals surface area contributed by atoms with Gasteiger partial charge in [0.2, 0.25) is 5.91 Å². The van der Waals surface area contributed by atoms with Crippen molar-refractivity contribution in [1.29, 1.82) is 0 Å². The van der Waals surface area contributed by atoms with Crippen molar-refractivity contribution in [2.75, 3.05) is 13.1 Å². The third kappa shape index (κ3) is 4.06. The number of nitrogens with one attached hydrogen (secondary N) is 1. The van der Waals surface area contributed by atoms with Crippen LogP contribution in [0.25, 0.3) is 0 Å². The Kier molecular flexibility index (Phi) is 5.52. The van der Waals surface area contributed by atoms with E-state index in [-0.39, 0.29) is 17.4 Å². The van der Waals surface area contributed by atoms with E-state index in [0.717, 1.165) is 25.9 Å². The number of benzene rings is 1. The molecule has 1 fully saturated rings. The molecule has 1 atom stereocenters. The van der Waals surface area contributed by atoms with Crippen molar-refractivity contribution in [1.82, 2.24) is 10.2 Å². The van der Waals surface area contributed by atoms with E-state index in [1.54, 1.807) is 11.0 Å². The molecule has 4 nitrogen and oxygen atoms in total. The Bertz CT molecular complexity index is 539. The summed E-state index contributed by atoms with van der Waals surface area (Å²) in [7, 11) is 0. The van der Waals surface area contributed by atoms with Crippen LogP contribution in [-0.2, 0) is 4.79 Å². The molecule has 0 aliphatic carbocycles. The normalized spacial score (nSPS) is 15.9. The molecule has 1 heterocycles. The Morgan fingerprint density at radius 2 is 1.86 bits per heavy atom. The molecule has 1 aliphatic rings. The largest absolute Gasteiger partial charge is 0.341 e. The highest BCUT2D eigenvalue weighted by molar-refractivity contribution is 5.97. The van der Waals surface area contributed by atoms with Gasteiger partial charge in [-0.25, -0.2) is 4.39 Å². The second-order valence-corrected chi connectivity index (χ2v) is 6.17. The highest BCUT2D eigenvalue weighted by Gasteiger charge is 2.29. The average Bonchev–Trinajstić information content (AvgIpc) is 2.99. The lowest BCUT2D eigenvalue weighted by molar-refractivity contribution is -0.132. The number of halogens is 1. The van der Waals surface area contributed by atoms with Gasteiger partial charge in [0.25, 0.3) is 5.91 Å². The van der Waals surface area contributed by atoms with Crippen molar-refractivity contribution in [3.05, 3.63) is 35.6 Å². The summed E-state index contributed by atoms with van der Waals surface area (Å²) < 4.78 is 13.7. The first-order chi connectivity index (χ1) is 10.5. The van der Waals surface area contributed by atoms with E-state index in [0.29, 0.717) is 6.42 Å². The summed E-state index contributed by atoms with van der Waals surface area (Å²) >= 11 is 0. The van der Waals surface area contributed by atoms with Crippen LogP contribution in [0.4, 0.5) is 4.39 Å². The molecule has 1 N–H and O–H groups in total. The Labute approximate surface area is 130 Å². The minimum Gasteiger partial charge on any atom is -0.341 e. The average molecular weight is 306 g/mol. The number of nitrogens with zero attached hydrogens (tertiary/aromatic N) is 1. The van der Waals surface area contributed by atoms with Crippen LogP contribution in [0.2, 0.25) is 0 Å². The van der Waals surface area contributed by atoms with Gasteiger partial charge in [0, 0.05) is 13.1 Å². The van der Waals surface area contributed by atoms with E-state index in [9.17, 15) is 14.0 Å². The fourth-order valence-corrected chi connectivity index (χ4v) is 2.73. The predicted molar refractivity (Wildman–Crippen MR) is 82.9 cm³/mol. The molecule has 0 saturated carbocycles. The molecule has 1 aromatic rings. The first-order valence-electron chi connectivity index (χ1n) is 7.83. The predicted octanol–water partition coefficient (Wildman–Crippen LogP) is 2.59. The van der Waals surface area contributed by atoms with Crippen LogP contribution < -0.4 is 5.32 Å². The molecular weight excluding hydrogens is 283 g/mol. The van der Waals surface area contributed by atoms with E-state index in [4.69, 9.17) is 0 Å². The summed E-state index contributed by atoms with van der Waals surface area (Å²) in [6, 6.07) is 5.22. The quantitative estimate of drug-likeness (QED) is 0.909. The Morgan fingerprint density at radius 3 is 2.45 bits per heavy atom. The maximum absolute atomic E-state index is 13.7.